The van der Waals surface area contributed by atoms with Gasteiger partial charge in [-0.1, -0.05) is 0 Å². The van der Waals surface area contributed by atoms with E-state index in [1.54, 1.807) is 0 Å². The lowest BCUT2D eigenvalue weighted by atomic mass is 10.1. The van der Waals surface area contributed by atoms with Gasteiger partial charge in [0.1, 0.15) is 11.6 Å². The van der Waals surface area contributed by atoms with Crippen molar-refractivity contribution in [2.45, 2.75) is 25.3 Å². The first-order valence-corrected chi connectivity index (χ1v) is 6.69. The Hall–Kier alpha value is -1.20. The Kier molecular flexibility index (Phi) is 2.95. The molecular weight excluding hydrogens is 226 g/mol. The molecule has 1 atom stereocenters. The van der Waals surface area contributed by atoms with Crippen LogP contribution < -0.4 is 5.73 Å². The molecule has 0 amide bonds. The van der Waals surface area contributed by atoms with Crippen LogP contribution >= 0.6 is 0 Å². The van der Waals surface area contributed by atoms with Gasteiger partial charge in [-0.2, -0.15) is 0 Å². The van der Waals surface area contributed by atoms with Gasteiger partial charge in [-0.05, 0) is 33.4 Å². The number of aryl methyl sites for hydroxylation is 1. The molecule has 98 valence electrons. The van der Waals surface area contributed by atoms with Gasteiger partial charge in [0.15, 0.2) is 0 Å². The minimum atomic E-state index is 0.275. The van der Waals surface area contributed by atoms with Crippen LogP contribution in [0.3, 0.4) is 0 Å². The van der Waals surface area contributed by atoms with Crippen molar-refractivity contribution in [3.05, 3.63) is 17.1 Å². The van der Waals surface area contributed by atoms with Crippen molar-refractivity contribution in [2.75, 3.05) is 39.5 Å². The van der Waals surface area contributed by atoms with E-state index < -0.39 is 0 Å². The van der Waals surface area contributed by atoms with Crippen molar-refractivity contribution in [3.8, 4) is 0 Å². The SMILES string of the molecule is CN1CCN(C)C(c2nc(N)c3c(n2)CCC3)C1. The molecule has 1 unspecified atom stereocenters. The van der Waals surface area contributed by atoms with E-state index in [1.165, 1.54) is 11.3 Å². The zero-order valence-electron chi connectivity index (χ0n) is 11.2. The quantitative estimate of drug-likeness (QED) is 0.781. The first-order valence-electron chi connectivity index (χ1n) is 6.69. The zero-order chi connectivity index (χ0) is 12.7. The monoisotopic (exact) mass is 247 g/mol. The third kappa shape index (κ3) is 1.97. The maximum Gasteiger partial charge on any atom is 0.149 e. The number of likely N-dealkylation sites (N-methyl/N-ethyl adjacent to an activating group) is 2. The molecule has 0 spiro atoms. The number of hydrogen-bond donors (Lipinski definition) is 1. The number of rotatable bonds is 1. The number of nitrogen functional groups attached to an aromatic ring is 1. The Morgan fingerprint density at radius 2 is 2.00 bits per heavy atom. The highest BCUT2D eigenvalue weighted by Gasteiger charge is 2.28. The van der Waals surface area contributed by atoms with E-state index in [0.29, 0.717) is 5.82 Å². The Morgan fingerprint density at radius 3 is 2.83 bits per heavy atom. The van der Waals surface area contributed by atoms with Gasteiger partial charge in [0.2, 0.25) is 0 Å². The second kappa shape index (κ2) is 4.48. The van der Waals surface area contributed by atoms with Gasteiger partial charge >= 0.3 is 0 Å². The average Bonchev–Trinajstić information content (AvgIpc) is 2.81. The molecule has 2 heterocycles. The lowest BCUT2D eigenvalue weighted by Crippen LogP contribution is -2.45. The van der Waals surface area contributed by atoms with Gasteiger partial charge in [-0.3, -0.25) is 4.90 Å². The molecule has 2 aliphatic rings. The predicted octanol–water partition coefficient (Wildman–Crippen LogP) is 0.466. The van der Waals surface area contributed by atoms with Crippen LogP contribution in [0.2, 0.25) is 0 Å². The van der Waals surface area contributed by atoms with Crippen LogP contribution in [0.1, 0.15) is 29.5 Å². The fourth-order valence-corrected chi connectivity index (χ4v) is 2.92. The first-order chi connectivity index (χ1) is 8.65. The average molecular weight is 247 g/mol. The highest BCUT2D eigenvalue weighted by molar-refractivity contribution is 5.45. The summed E-state index contributed by atoms with van der Waals surface area (Å²) in [7, 11) is 4.29. The smallest absolute Gasteiger partial charge is 0.149 e. The summed E-state index contributed by atoms with van der Waals surface area (Å²) >= 11 is 0. The molecule has 5 heteroatoms. The Balaban J connectivity index is 1.94. The predicted molar refractivity (Wildman–Crippen MR) is 71.3 cm³/mol. The lowest BCUT2D eigenvalue weighted by molar-refractivity contribution is 0.109. The molecule has 1 aromatic heterocycles. The summed E-state index contributed by atoms with van der Waals surface area (Å²) in [5.74, 6) is 1.61. The van der Waals surface area contributed by atoms with Gasteiger partial charge in [-0.15, -0.1) is 0 Å². The topological polar surface area (TPSA) is 58.3 Å². The van der Waals surface area contributed by atoms with Crippen molar-refractivity contribution in [2.24, 2.45) is 0 Å². The van der Waals surface area contributed by atoms with Gasteiger partial charge in [0.05, 0.1) is 6.04 Å². The van der Waals surface area contributed by atoms with Crippen LogP contribution in [-0.2, 0) is 12.8 Å². The van der Waals surface area contributed by atoms with Crippen molar-refractivity contribution < 1.29 is 0 Å². The van der Waals surface area contributed by atoms with E-state index in [-0.39, 0.29) is 6.04 Å². The molecule has 3 rings (SSSR count). The van der Waals surface area contributed by atoms with Crippen LogP contribution in [0.15, 0.2) is 0 Å². The number of nitrogens with two attached hydrogens (primary N) is 1. The van der Waals surface area contributed by atoms with E-state index >= 15 is 0 Å². The first kappa shape index (κ1) is 11.9. The van der Waals surface area contributed by atoms with Crippen LogP contribution in [0.4, 0.5) is 5.82 Å². The summed E-state index contributed by atoms with van der Waals surface area (Å²) in [6, 6.07) is 0.275. The van der Waals surface area contributed by atoms with Gasteiger partial charge < -0.3 is 10.6 Å². The third-order valence-electron chi connectivity index (χ3n) is 4.13. The van der Waals surface area contributed by atoms with Crippen molar-refractivity contribution >= 4 is 5.82 Å². The maximum absolute atomic E-state index is 6.08. The summed E-state index contributed by atoms with van der Waals surface area (Å²) in [6.07, 6.45) is 3.27. The molecular formula is C13H21N5. The molecule has 18 heavy (non-hydrogen) atoms. The lowest BCUT2D eigenvalue weighted by Gasteiger charge is -2.36. The highest BCUT2D eigenvalue weighted by Crippen LogP contribution is 2.28. The van der Waals surface area contributed by atoms with Gasteiger partial charge in [0.25, 0.3) is 0 Å². The summed E-state index contributed by atoms with van der Waals surface area (Å²) < 4.78 is 0. The summed E-state index contributed by atoms with van der Waals surface area (Å²) in [4.78, 5) is 14.0. The molecule has 1 saturated heterocycles. The number of nitrogens with zero attached hydrogens (tertiary/aromatic N) is 4. The highest BCUT2D eigenvalue weighted by atomic mass is 15.3. The molecule has 0 saturated carbocycles. The van der Waals surface area contributed by atoms with Crippen LogP contribution in [-0.4, -0.2) is 53.5 Å². The Bertz CT molecular complexity index is 459. The normalized spacial score (nSPS) is 25.3. The minimum absolute atomic E-state index is 0.275. The summed E-state index contributed by atoms with van der Waals surface area (Å²) in [5.41, 5.74) is 8.44. The fourth-order valence-electron chi connectivity index (χ4n) is 2.92. The molecule has 1 aromatic rings. The van der Waals surface area contributed by atoms with E-state index in [2.05, 4.69) is 28.9 Å². The second-order valence-corrected chi connectivity index (χ2v) is 5.50. The molecule has 1 aliphatic carbocycles. The number of anilines is 1. The van der Waals surface area contributed by atoms with Crippen molar-refractivity contribution in [1.82, 2.24) is 19.8 Å². The number of piperazine rings is 1. The summed E-state index contributed by atoms with van der Waals surface area (Å²) in [5, 5.41) is 0. The van der Waals surface area contributed by atoms with Crippen molar-refractivity contribution in [1.29, 1.82) is 0 Å². The van der Waals surface area contributed by atoms with E-state index in [1.807, 2.05) is 0 Å². The molecule has 1 fully saturated rings. The molecule has 1 aliphatic heterocycles. The fraction of sp³-hybridized carbons (Fsp3) is 0.692. The Morgan fingerprint density at radius 1 is 1.17 bits per heavy atom. The summed E-state index contributed by atoms with van der Waals surface area (Å²) in [6.45, 7) is 3.14. The molecule has 5 nitrogen and oxygen atoms in total. The van der Waals surface area contributed by atoms with E-state index in [9.17, 15) is 0 Å². The van der Waals surface area contributed by atoms with Gasteiger partial charge in [-0.25, -0.2) is 9.97 Å². The van der Waals surface area contributed by atoms with E-state index in [4.69, 9.17) is 10.7 Å². The van der Waals surface area contributed by atoms with E-state index in [0.717, 1.165) is 44.7 Å². The number of hydrogen-bond acceptors (Lipinski definition) is 5. The van der Waals surface area contributed by atoms with Crippen LogP contribution in [0.25, 0.3) is 0 Å². The van der Waals surface area contributed by atoms with Crippen LogP contribution in [0.5, 0.6) is 0 Å². The largest absolute Gasteiger partial charge is 0.383 e. The zero-order valence-corrected chi connectivity index (χ0v) is 11.2. The molecule has 2 N–H and O–H groups in total. The van der Waals surface area contributed by atoms with Gasteiger partial charge in [0, 0.05) is 30.9 Å². The third-order valence-corrected chi connectivity index (χ3v) is 4.13. The number of aromatic nitrogens is 2. The molecule has 0 radical (unpaired) electrons. The molecule has 0 bridgehead atoms. The standard InChI is InChI=1S/C13H21N5/c1-17-6-7-18(2)11(8-17)13-15-10-5-3-4-9(10)12(14)16-13/h11H,3-8H2,1-2H3,(H2,14,15,16). The number of fused-ring (bicyclic) bond motifs is 1. The van der Waals surface area contributed by atoms with Crippen molar-refractivity contribution in [3.63, 3.8) is 0 Å². The second-order valence-electron chi connectivity index (χ2n) is 5.50. The maximum atomic E-state index is 6.08. The Labute approximate surface area is 108 Å². The minimum Gasteiger partial charge on any atom is -0.383 e. The molecule has 0 aromatic carbocycles. The van der Waals surface area contributed by atoms with Crippen LogP contribution in [0, 0.1) is 0 Å².